The average Bonchev–Trinajstić information content (AvgIpc) is 2.69. The first-order chi connectivity index (χ1) is 12.5. The van der Waals surface area contributed by atoms with E-state index in [1.165, 1.54) is 23.8 Å². The summed E-state index contributed by atoms with van der Waals surface area (Å²) in [4.78, 5) is 28.6. The van der Waals surface area contributed by atoms with Gasteiger partial charge in [-0.3, -0.25) is 9.59 Å². The summed E-state index contributed by atoms with van der Waals surface area (Å²) in [6, 6.07) is 11.7. The van der Waals surface area contributed by atoms with E-state index in [0.29, 0.717) is 41.8 Å². The van der Waals surface area contributed by atoms with Crippen LogP contribution in [0.15, 0.2) is 46.9 Å². The molecule has 0 saturated carbocycles. The molecule has 0 spiro atoms. The summed E-state index contributed by atoms with van der Waals surface area (Å²) in [6.07, 6.45) is 0.935. The maximum absolute atomic E-state index is 13.4. The third kappa shape index (κ3) is 3.96. The quantitative estimate of drug-likeness (QED) is 0.761. The van der Waals surface area contributed by atoms with Crippen LogP contribution in [0, 0.1) is 5.82 Å². The maximum atomic E-state index is 13.4. The molecule has 26 heavy (non-hydrogen) atoms. The molecule has 1 aliphatic rings. The van der Waals surface area contributed by atoms with Gasteiger partial charge in [0.25, 0.3) is 11.8 Å². The molecule has 2 aromatic carbocycles. The molecule has 2 aromatic rings. The smallest absolute Gasteiger partial charge is 0.255 e. The number of benzene rings is 2. The summed E-state index contributed by atoms with van der Waals surface area (Å²) in [5.41, 5.74) is 2.16. The SMILES string of the molecule is CCc1ccc(C(=O)N2CCN(C(=O)c3cc(F)ccc3Br)CC2)cc1. The number of aryl methyl sites for hydroxylation is 1. The van der Waals surface area contributed by atoms with E-state index in [2.05, 4.69) is 22.9 Å². The molecule has 136 valence electrons. The predicted octanol–water partition coefficient (Wildman–Crippen LogP) is 3.75. The van der Waals surface area contributed by atoms with Crippen LogP contribution < -0.4 is 0 Å². The highest BCUT2D eigenvalue weighted by Gasteiger charge is 2.26. The van der Waals surface area contributed by atoms with Crippen LogP contribution in [0.4, 0.5) is 4.39 Å². The first kappa shape index (κ1) is 18.6. The number of piperazine rings is 1. The zero-order valence-corrected chi connectivity index (χ0v) is 16.1. The molecule has 0 aromatic heterocycles. The Balaban J connectivity index is 1.64. The van der Waals surface area contributed by atoms with Crippen LogP contribution in [-0.4, -0.2) is 47.8 Å². The van der Waals surface area contributed by atoms with Gasteiger partial charge in [-0.15, -0.1) is 0 Å². The number of hydrogen-bond acceptors (Lipinski definition) is 2. The van der Waals surface area contributed by atoms with Gasteiger partial charge in [0.2, 0.25) is 0 Å². The predicted molar refractivity (Wildman–Crippen MR) is 102 cm³/mol. The van der Waals surface area contributed by atoms with Crippen molar-refractivity contribution in [1.82, 2.24) is 9.80 Å². The average molecular weight is 419 g/mol. The van der Waals surface area contributed by atoms with Gasteiger partial charge in [-0.05, 0) is 58.2 Å². The van der Waals surface area contributed by atoms with Gasteiger partial charge >= 0.3 is 0 Å². The Kier molecular flexibility index (Phi) is 5.71. The largest absolute Gasteiger partial charge is 0.335 e. The number of carbonyl (C=O) groups excluding carboxylic acids is 2. The summed E-state index contributed by atoms with van der Waals surface area (Å²) in [5, 5.41) is 0. The molecule has 0 atom stereocenters. The molecule has 0 radical (unpaired) electrons. The van der Waals surface area contributed by atoms with E-state index >= 15 is 0 Å². The monoisotopic (exact) mass is 418 g/mol. The number of halogens is 2. The Bertz CT molecular complexity index is 815. The molecular weight excluding hydrogens is 399 g/mol. The molecule has 0 N–H and O–H groups in total. The highest BCUT2D eigenvalue weighted by molar-refractivity contribution is 9.10. The fraction of sp³-hybridized carbons (Fsp3) is 0.300. The second kappa shape index (κ2) is 7.99. The molecule has 0 unspecified atom stereocenters. The fourth-order valence-corrected chi connectivity index (χ4v) is 3.43. The minimum Gasteiger partial charge on any atom is -0.335 e. The first-order valence-corrected chi connectivity index (χ1v) is 9.41. The molecule has 2 amide bonds. The molecule has 1 heterocycles. The van der Waals surface area contributed by atoms with Gasteiger partial charge < -0.3 is 9.80 Å². The summed E-state index contributed by atoms with van der Waals surface area (Å²) in [5.74, 6) is -0.691. The van der Waals surface area contributed by atoms with Gasteiger partial charge in [0, 0.05) is 36.2 Å². The van der Waals surface area contributed by atoms with Crippen molar-refractivity contribution in [2.24, 2.45) is 0 Å². The van der Waals surface area contributed by atoms with E-state index in [-0.39, 0.29) is 11.8 Å². The molecule has 1 aliphatic heterocycles. The van der Waals surface area contributed by atoms with Crippen molar-refractivity contribution >= 4 is 27.7 Å². The lowest BCUT2D eigenvalue weighted by Gasteiger charge is -2.35. The highest BCUT2D eigenvalue weighted by Crippen LogP contribution is 2.21. The zero-order valence-electron chi connectivity index (χ0n) is 14.5. The molecule has 4 nitrogen and oxygen atoms in total. The molecule has 0 bridgehead atoms. The minimum absolute atomic E-state index is 0.0216. The van der Waals surface area contributed by atoms with Crippen molar-refractivity contribution in [1.29, 1.82) is 0 Å². The second-order valence-corrected chi connectivity index (χ2v) is 7.11. The third-order valence-corrected chi connectivity index (χ3v) is 5.31. The number of amides is 2. The van der Waals surface area contributed by atoms with Gasteiger partial charge in [0.1, 0.15) is 5.82 Å². The van der Waals surface area contributed by atoms with Crippen LogP contribution in [0.25, 0.3) is 0 Å². The lowest BCUT2D eigenvalue weighted by molar-refractivity contribution is 0.0534. The van der Waals surface area contributed by atoms with E-state index < -0.39 is 5.82 Å². The summed E-state index contributed by atoms with van der Waals surface area (Å²) in [7, 11) is 0. The van der Waals surface area contributed by atoms with Gasteiger partial charge in [0.15, 0.2) is 0 Å². The Morgan fingerprint density at radius 1 is 0.962 bits per heavy atom. The van der Waals surface area contributed by atoms with Gasteiger partial charge in [-0.2, -0.15) is 0 Å². The van der Waals surface area contributed by atoms with Crippen LogP contribution in [0.5, 0.6) is 0 Å². The van der Waals surface area contributed by atoms with Crippen LogP contribution in [0.3, 0.4) is 0 Å². The normalized spacial score (nSPS) is 14.4. The van der Waals surface area contributed by atoms with Gasteiger partial charge in [0.05, 0.1) is 5.56 Å². The van der Waals surface area contributed by atoms with E-state index in [1.54, 1.807) is 9.80 Å². The number of nitrogens with zero attached hydrogens (tertiary/aromatic N) is 2. The summed E-state index contributed by atoms with van der Waals surface area (Å²) in [6.45, 7) is 3.87. The standard InChI is InChI=1S/C20H20BrFN2O2/c1-2-14-3-5-15(6-4-14)19(25)23-9-11-24(12-10-23)20(26)17-13-16(22)7-8-18(17)21/h3-8,13H,2,9-12H2,1H3. The molecule has 3 rings (SSSR count). The van der Waals surface area contributed by atoms with Crippen LogP contribution in [-0.2, 0) is 6.42 Å². The fourth-order valence-electron chi connectivity index (χ4n) is 3.01. The maximum Gasteiger partial charge on any atom is 0.255 e. The minimum atomic E-state index is -0.444. The summed E-state index contributed by atoms with van der Waals surface area (Å²) >= 11 is 3.30. The van der Waals surface area contributed by atoms with Gasteiger partial charge in [-0.25, -0.2) is 4.39 Å². The first-order valence-electron chi connectivity index (χ1n) is 8.62. The van der Waals surface area contributed by atoms with Crippen molar-refractivity contribution in [3.05, 3.63) is 69.4 Å². The molecule has 1 saturated heterocycles. The number of rotatable bonds is 3. The van der Waals surface area contributed by atoms with Crippen LogP contribution in [0.2, 0.25) is 0 Å². The van der Waals surface area contributed by atoms with Gasteiger partial charge in [-0.1, -0.05) is 19.1 Å². The Morgan fingerprint density at radius 2 is 1.54 bits per heavy atom. The van der Waals surface area contributed by atoms with Crippen molar-refractivity contribution in [2.75, 3.05) is 26.2 Å². The van der Waals surface area contributed by atoms with Crippen molar-refractivity contribution in [2.45, 2.75) is 13.3 Å². The van der Waals surface area contributed by atoms with Crippen molar-refractivity contribution < 1.29 is 14.0 Å². The van der Waals surface area contributed by atoms with E-state index in [4.69, 9.17) is 0 Å². The summed E-state index contributed by atoms with van der Waals surface area (Å²) < 4.78 is 14.0. The van der Waals surface area contributed by atoms with E-state index in [0.717, 1.165) is 6.42 Å². The van der Waals surface area contributed by atoms with Crippen molar-refractivity contribution in [3.63, 3.8) is 0 Å². The van der Waals surface area contributed by atoms with Crippen LogP contribution >= 0.6 is 15.9 Å². The van der Waals surface area contributed by atoms with E-state index in [1.807, 2.05) is 24.3 Å². The Hall–Kier alpha value is -2.21. The number of carbonyl (C=O) groups is 2. The topological polar surface area (TPSA) is 40.6 Å². The number of hydrogen-bond donors (Lipinski definition) is 0. The van der Waals surface area contributed by atoms with Crippen LogP contribution in [0.1, 0.15) is 33.2 Å². The molecule has 1 fully saturated rings. The second-order valence-electron chi connectivity index (χ2n) is 6.26. The lowest BCUT2D eigenvalue weighted by atomic mass is 10.1. The lowest BCUT2D eigenvalue weighted by Crippen LogP contribution is -2.50. The third-order valence-electron chi connectivity index (χ3n) is 4.62. The highest BCUT2D eigenvalue weighted by atomic mass is 79.9. The Morgan fingerprint density at radius 3 is 2.12 bits per heavy atom. The molecule has 6 heteroatoms. The zero-order chi connectivity index (χ0) is 18.7. The molecule has 0 aliphatic carbocycles. The van der Waals surface area contributed by atoms with E-state index in [9.17, 15) is 14.0 Å². The molecular formula is C20H20BrFN2O2. The Labute approximate surface area is 160 Å². The van der Waals surface area contributed by atoms with Crippen molar-refractivity contribution in [3.8, 4) is 0 Å².